The van der Waals surface area contributed by atoms with Crippen molar-refractivity contribution in [2.24, 2.45) is 5.18 Å². The number of nitrogens with zero attached hydrogens (tertiary/aromatic N) is 1. The Morgan fingerprint density at radius 3 is 2.27 bits per heavy atom. The molecule has 0 aliphatic heterocycles. The van der Waals surface area contributed by atoms with Gasteiger partial charge in [-0.1, -0.05) is 0 Å². The second-order valence-electron chi connectivity index (χ2n) is 2.57. The molecule has 1 N–H and O–H groups in total. The predicted molar refractivity (Wildman–Crippen MR) is 48.7 cm³/mol. The van der Waals surface area contributed by atoms with E-state index in [9.17, 15) is 19.6 Å². The Labute approximate surface area is 85.6 Å². The van der Waals surface area contributed by atoms with Crippen molar-refractivity contribution in [1.82, 2.24) is 0 Å². The minimum atomic E-state index is -1.13. The van der Waals surface area contributed by atoms with Gasteiger partial charge in [0, 0.05) is 6.92 Å². The van der Waals surface area contributed by atoms with Crippen LogP contribution in [0.2, 0.25) is 0 Å². The molecule has 0 aliphatic rings. The van der Waals surface area contributed by atoms with Crippen LogP contribution in [-0.4, -0.2) is 30.3 Å². The summed E-state index contributed by atoms with van der Waals surface area (Å²) in [5, 5.41) is 11.6. The van der Waals surface area contributed by atoms with Crippen LogP contribution in [-0.2, 0) is 19.1 Å². The first-order valence-electron chi connectivity index (χ1n) is 3.96. The maximum Gasteiger partial charge on any atom is 0.364 e. The Bertz CT molecular complexity index is 308. The van der Waals surface area contributed by atoms with Crippen molar-refractivity contribution in [2.75, 3.05) is 7.11 Å². The molecule has 0 amide bonds. The molecule has 0 spiro atoms. The number of ether oxygens (including phenoxy) is 2. The summed E-state index contributed by atoms with van der Waals surface area (Å²) in [6.07, 6.45) is -1.13. The van der Waals surface area contributed by atoms with Crippen LogP contribution >= 0.6 is 0 Å². The van der Waals surface area contributed by atoms with E-state index in [1.165, 1.54) is 6.92 Å². The summed E-state index contributed by atoms with van der Waals surface area (Å²) in [6.45, 7) is 2.40. The second kappa shape index (κ2) is 5.74. The van der Waals surface area contributed by atoms with Gasteiger partial charge in [-0.25, -0.2) is 4.79 Å². The number of nitroso groups, excluding NO2 is 1. The molecule has 7 nitrogen and oxygen atoms in total. The van der Waals surface area contributed by atoms with Crippen LogP contribution in [0.1, 0.15) is 13.8 Å². The number of aliphatic hydroxyl groups excluding tert-OH is 1. The van der Waals surface area contributed by atoms with E-state index >= 15 is 0 Å². The molecule has 0 aromatic rings. The van der Waals surface area contributed by atoms with Crippen LogP contribution in [0, 0.1) is 4.91 Å². The number of esters is 2. The summed E-state index contributed by atoms with van der Waals surface area (Å²) in [5.74, 6) is -2.50. The molecule has 1 unspecified atom stereocenters. The second-order valence-corrected chi connectivity index (χ2v) is 2.57. The standard InChI is InChI=1S/C8H11NO6/c1-4(15-5(2)10)7(11)6(9-13)8(12)14-3/h4,11H,1-3H3/b7-6-. The maximum atomic E-state index is 10.9. The fourth-order valence-corrected chi connectivity index (χ4v) is 0.783. The third-order valence-electron chi connectivity index (χ3n) is 1.44. The van der Waals surface area contributed by atoms with Crippen LogP contribution in [0.15, 0.2) is 16.6 Å². The maximum absolute atomic E-state index is 10.9. The highest BCUT2D eigenvalue weighted by molar-refractivity contribution is 5.88. The monoisotopic (exact) mass is 217 g/mol. The lowest BCUT2D eigenvalue weighted by atomic mass is 10.2. The van der Waals surface area contributed by atoms with Crippen molar-refractivity contribution in [3.63, 3.8) is 0 Å². The molecule has 0 saturated carbocycles. The zero-order valence-electron chi connectivity index (χ0n) is 8.51. The number of aliphatic hydroxyl groups is 1. The highest BCUT2D eigenvalue weighted by atomic mass is 16.6. The first-order chi connectivity index (χ1) is 6.93. The molecule has 0 aromatic heterocycles. The minimum Gasteiger partial charge on any atom is -0.506 e. The molecular formula is C8H11NO6. The average molecular weight is 217 g/mol. The molecule has 84 valence electrons. The van der Waals surface area contributed by atoms with Gasteiger partial charge in [0.2, 0.25) is 5.70 Å². The van der Waals surface area contributed by atoms with Crippen LogP contribution in [0.4, 0.5) is 0 Å². The number of carbonyl (C=O) groups excluding carboxylic acids is 2. The van der Waals surface area contributed by atoms with Crippen molar-refractivity contribution < 1.29 is 24.2 Å². The van der Waals surface area contributed by atoms with Crippen molar-refractivity contribution >= 4 is 11.9 Å². The SMILES string of the molecule is COC(=O)/C(N=O)=C(/O)C(C)OC(C)=O. The van der Waals surface area contributed by atoms with Gasteiger partial charge >= 0.3 is 11.9 Å². The van der Waals surface area contributed by atoms with Gasteiger partial charge in [-0.3, -0.25) is 4.79 Å². The molecule has 0 fully saturated rings. The van der Waals surface area contributed by atoms with Gasteiger partial charge in [-0.2, -0.15) is 0 Å². The van der Waals surface area contributed by atoms with E-state index in [1.54, 1.807) is 0 Å². The van der Waals surface area contributed by atoms with Crippen molar-refractivity contribution in [3.8, 4) is 0 Å². The summed E-state index contributed by atoms with van der Waals surface area (Å²) in [4.78, 5) is 31.7. The lowest BCUT2D eigenvalue weighted by Gasteiger charge is -2.11. The third-order valence-corrected chi connectivity index (χ3v) is 1.44. The Morgan fingerprint density at radius 2 is 1.93 bits per heavy atom. The van der Waals surface area contributed by atoms with Gasteiger partial charge in [-0.15, -0.1) is 4.91 Å². The normalized spacial score (nSPS) is 13.5. The molecule has 0 rings (SSSR count). The predicted octanol–water partition coefficient (Wildman–Crippen LogP) is 0.647. The smallest absolute Gasteiger partial charge is 0.364 e. The highest BCUT2D eigenvalue weighted by Crippen LogP contribution is 2.12. The molecule has 0 radical (unpaired) electrons. The zero-order valence-corrected chi connectivity index (χ0v) is 8.51. The number of carbonyl (C=O) groups is 2. The Hall–Kier alpha value is -1.92. The minimum absolute atomic E-state index is 0.663. The quantitative estimate of drug-likeness (QED) is 0.321. The van der Waals surface area contributed by atoms with Crippen molar-refractivity contribution in [1.29, 1.82) is 0 Å². The third kappa shape index (κ3) is 3.75. The highest BCUT2D eigenvalue weighted by Gasteiger charge is 2.23. The molecule has 1 atom stereocenters. The number of rotatable bonds is 4. The first-order valence-corrected chi connectivity index (χ1v) is 3.96. The Morgan fingerprint density at radius 1 is 1.40 bits per heavy atom. The molecule has 15 heavy (non-hydrogen) atoms. The van der Waals surface area contributed by atoms with E-state index in [0.717, 1.165) is 14.0 Å². The van der Waals surface area contributed by atoms with Gasteiger partial charge in [0.05, 0.1) is 7.11 Å². The summed E-state index contributed by atoms with van der Waals surface area (Å²) in [5.41, 5.74) is -0.814. The van der Waals surface area contributed by atoms with E-state index < -0.39 is 29.5 Å². The Balaban J connectivity index is 4.93. The number of hydrogen-bond donors (Lipinski definition) is 1. The van der Waals surface area contributed by atoms with Gasteiger partial charge < -0.3 is 14.6 Å². The van der Waals surface area contributed by atoms with E-state index in [4.69, 9.17) is 0 Å². The zero-order chi connectivity index (χ0) is 12.0. The fraction of sp³-hybridized carbons (Fsp3) is 0.500. The fourth-order valence-electron chi connectivity index (χ4n) is 0.783. The van der Waals surface area contributed by atoms with Crippen LogP contribution < -0.4 is 0 Å². The van der Waals surface area contributed by atoms with Crippen LogP contribution in [0.5, 0.6) is 0 Å². The molecule has 0 aliphatic carbocycles. The number of hydrogen-bond acceptors (Lipinski definition) is 7. The molecular weight excluding hydrogens is 206 g/mol. The van der Waals surface area contributed by atoms with Gasteiger partial charge in [0.25, 0.3) is 0 Å². The van der Waals surface area contributed by atoms with E-state index in [1.807, 2.05) is 0 Å². The molecule has 0 bridgehead atoms. The van der Waals surface area contributed by atoms with Crippen molar-refractivity contribution in [2.45, 2.75) is 20.0 Å². The lowest BCUT2D eigenvalue weighted by Crippen LogP contribution is -2.19. The van der Waals surface area contributed by atoms with Crippen LogP contribution in [0.25, 0.3) is 0 Å². The first kappa shape index (κ1) is 13.1. The topological polar surface area (TPSA) is 102 Å². The molecule has 0 saturated heterocycles. The summed E-state index contributed by atoms with van der Waals surface area (Å²) >= 11 is 0. The van der Waals surface area contributed by atoms with E-state index in [-0.39, 0.29) is 0 Å². The van der Waals surface area contributed by atoms with Gasteiger partial charge in [-0.05, 0) is 12.1 Å². The summed E-state index contributed by atoms with van der Waals surface area (Å²) in [7, 11) is 1.03. The summed E-state index contributed by atoms with van der Waals surface area (Å²) in [6, 6.07) is 0. The summed E-state index contributed by atoms with van der Waals surface area (Å²) < 4.78 is 8.72. The van der Waals surface area contributed by atoms with E-state index in [2.05, 4.69) is 14.7 Å². The van der Waals surface area contributed by atoms with Gasteiger partial charge in [0.15, 0.2) is 11.9 Å². The molecule has 0 aromatic carbocycles. The molecule has 7 heteroatoms. The largest absolute Gasteiger partial charge is 0.506 e. The van der Waals surface area contributed by atoms with E-state index in [0.29, 0.717) is 0 Å². The number of methoxy groups -OCH3 is 1. The van der Waals surface area contributed by atoms with Crippen molar-refractivity contribution in [3.05, 3.63) is 16.4 Å². The van der Waals surface area contributed by atoms with Gasteiger partial charge in [0.1, 0.15) is 0 Å². The Kier molecular flexibility index (Phi) is 5.00. The van der Waals surface area contributed by atoms with Crippen LogP contribution in [0.3, 0.4) is 0 Å². The average Bonchev–Trinajstić information content (AvgIpc) is 2.17. The molecule has 0 heterocycles. The lowest BCUT2D eigenvalue weighted by molar-refractivity contribution is -0.145.